The molecule has 0 spiro atoms. The van der Waals surface area contributed by atoms with Gasteiger partial charge < -0.3 is 16.0 Å². The van der Waals surface area contributed by atoms with Crippen molar-refractivity contribution in [1.82, 2.24) is 15.0 Å². The first-order chi connectivity index (χ1) is 7.77. The molecule has 4 N–H and O–H groups in total. The summed E-state index contributed by atoms with van der Waals surface area (Å²) in [4.78, 5) is 12.3. The quantitative estimate of drug-likeness (QED) is 0.716. The molecule has 1 aliphatic carbocycles. The van der Waals surface area contributed by atoms with Crippen molar-refractivity contribution in [1.29, 1.82) is 0 Å². The third kappa shape index (κ3) is 1.28. The van der Waals surface area contributed by atoms with Gasteiger partial charge >= 0.3 is 0 Å². The summed E-state index contributed by atoms with van der Waals surface area (Å²) in [5.41, 5.74) is 7.63. The molecule has 16 heavy (non-hydrogen) atoms. The van der Waals surface area contributed by atoms with Crippen LogP contribution in [0.5, 0.6) is 0 Å². The zero-order valence-corrected chi connectivity index (χ0v) is 9.25. The molecule has 1 aliphatic rings. The fourth-order valence-corrected chi connectivity index (χ4v) is 1.97. The molecule has 2 aromatic rings. The van der Waals surface area contributed by atoms with Crippen LogP contribution in [0.25, 0.3) is 11.2 Å². The Labute approximate surface area is 93.5 Å². The Morgan fingerprint density at radius 3 is 2.88 bits per heavy atom. The molecule has 0 aromatic carbocycles. The molecule has 1 fully saturated rings. The van der Waals surface area contributed by atoms with Crippen LogP contribution in [0.4, 0.5) is 5.82 Å². The average Bonchev–Trinajstić information content (AvgIpc) is 3.01. The van der Waals surface area contributed by atoms with E-state index in [0.29, 0.717) is 6.54 Å². The molecule has 5 nitrogen and oxygen atoms in total. The average molecular weight is 217 g/mol. The van der Waals surface area contributed by atoms with Crippen molar-refractivity contribution in [2.24, 2.45) is 5.73 Å². The maximum Gasteiger partial charge on any atom is 0.179 e. The summed E-state index contributed by atoms with van der Waals surface area (Å²) in [6.07, 6.45) is 2.25. The van der Waals surface area contributed by atoms with Crippen LogP contribution in [0.1, 0.15) is 18.7 Å². The fourth-order valence-electron chi connectivity index (χ4n) is 1.97. The van der Waals surface area contributed by atoms with Crippen molar-refractivity contribution >= 4 is 17.0 Å². The minimum absolute atomic E-state index is 0.0977. The minimum Gasteiger partial charge on any atom is -0.373 e. The molecule has 2 heterocycles. The summed E-state index contributed by atoms with van der Waals surface area (Å²) in [5, 5.41) is 3.01. The topological polar surface area (TPSA) is 79.6 Å². The van der Waals surface area contributed by atoms with Crippen molar-refractivity contribution in [2.45, 2.75) is 18.3 Å². The second-order valence-electron chi connectivity index (χ2n) is 4.39. The first-order valence-electron chi connectivity index (χ1n) is 5.52. The van der Waals surface area contributed by atoms with Crippen LogP contribution >= 0.6 is 0 Å². The Hall–Kier alpha value is -1.62. The molecular weight excluding hydrogens is 202 g/mol. The van der Waals surface area contributed by atoms with E-state index in [0.717, 1.165) is 35.6 Å². The predicted molar refractivity (Wildman–Crippen MR) is 63.4 cm³/mol. The minimum atomic E-state index is 0.0977. The monoisotopic (exact) mass is 217 g/mol. The van der Waals surface area contributed by atoms with Crippen LogP contribution in [-0.2, 0) is 5.41 Å². The van der Waals surface area contributed by atoms with Crippen molar-refractivity contribution in [3.05, 3.63) is 18.0 Å². The Kier molecular flexibility index (Phi) is 1.91. The molecule has 0 radical (unpaired) electrons. The van der Waals surface area contributed by atoms with E-state index in [1.165, 1.54) is 0 Å². The van der Waals surface area contributed by atoms with Gasteiger partial charge in [0.15, 0.2) is 5.65 Å². The number of nitrogens with two attached hydrogens (primary N) is 1. The number of H-pyrrole nitrogens is 1. The number of imidazole rings is 1. The highest BCUT2D eigenvalue weighted by Crippen LogP contribution is 2.46. The molecule has 5 heteroatoms. The van der Waals surface area contributed by atoms with Gasteiger partial charge in [0, 0.05) is 19.0 Å². The van der Waals surface area contributed by atoms with Crippen molar-refractivity contribution in [3.63, 3.8) is 0 Å². The van der Waals surface area contributed by atoms with Crippen molar-refractivity contribution in [3.8, 4) is 0 Å². The van der Waals surface area contributed by atoms with Gasteiger partial charge in [-0.05, 0) is 25.0 Å². The number of aromatic amines is 1. The van der Waals surface area contributed by atoms with E-state index in [1.807, 2.05) is 19.2 Å². The van der Waals surface area contributed by atoms with Crippen LogP contribution in [-0.4, -0.2) is 28.5 Å². The van der Waals surface area contributed by atoms with Crippen LogP contribution in [0.15, 0.2) is 12.1 Å². The number of pyridine rings is 1. The fraction of sp³-hybridized carbons (Fsp3) is 0.455. The summed E-state index contributed by atoms with van der Waals surface area (Å²) < 4.78 is 0. The van der Waals surface area contributed by atoms with Crippen molar-refractivity contribution < 1.29 is 0 Å². The summed E-state index contributed by atoms with van der Waals surface area (Å²) in [6, 6.07) is 3.93. The van der Waals surface area contributed by atoms with E-state index in [9.17, 15) is 0 Å². The summed E-state index contributed by atoms with van der Waals surface area (Å²) in [7, 11) is 1.85. The zero-order chi connectivity index (χ0) is 11.2. The lowest BCUT2D eigenvalue weighted by molar-refractivity contribution is 0.661. The molecule has 0 unspecified atom stereocenters. The van der Waals surface area contributed by atoms with Gasteiger partial charge in [0.2, 0.25) is 0 Å². The molecule has 0 amide bonds. The number of aromatic nitrogens is 3. The molecule has 84 valence electrons. The third-order valence-electron chi connectivity index (χ3n) is 3.35. The van der Waals surface area contributed by atoms with Gasteiger partial charge in [0.1, 0.15) is 11.6 Å². The highest BCUT2D eigenvalue weighted by atomic mass is 15.1. The van der Waals surface area contributed by atoms with Gasteiger partial charge in [0.25, 0.3) is 0 Å². The first-order valence-corrected chi connectivity index (χ1v) is 5.52. The molecule has 0 bridgehead atoms. The van der Waals surface area contributed by atoms with Crippen LogP contribution in [0.2, 0.25) is 0 Å². The lowest BCUT2D eigenvalue weighted by atomic mass is 10.1. The third-order valence-corrected chi connectivity index (χ3v) is 3.35. The van der Waals surface area contributed by atoms with E-state index in [-0.39, 0.29) is 5.41 Å². The van der Waals surface area contributed by atoms with Gasteiger partial charge in [-0.15, -0.1) is 0 Å². The molecule has 0 saturated heterocycles. The number of nitrogens with zero attached hydrogens (tertiary/aromatic N) is 2. The second-order valence-corrected chi connectivity index (χ2v) is 4.39. The number of hydrogen-bond acceptors (Lipinski definition) is 4. The number of hydrogen-bond donors (Lipinski definition) is 3. The predicted octanol–water partition coefficient (Wildman–Crippen LogP) is 0.990. The van der Waals surface area contributed by atoms with Gasteiger partial charge in [0.05, 0.1) is 5.52 Å². The molecule has 1 saturated carbocycles. The highest BCUT2D eigenvalue weighted by Gasteiger charge is 2.45. The van der Waals surface area contributed by atoms with Gasteiger partial charge in [-0.25, -0.2) is 9.97 Å². The maximum absolute atomic E-state index is 5.79. The smallest absolute Gasteiger partial charge is 0.179 e. The van der Waals surface area contributed by atoms with E-state index < -0.39 is 0 Å². The number of fused-ring (bicyclic) bond motifs is 1. The standard InChI is InChI=1S/C11H15N5/c1-13-8-3-2-7-9(15-8)16-10(14-7)11(6-12)4-5-11/h2-3H,4-6,12H2,1H3,(H2,13,14,15,16). The molecular formula is C11H15N5. The Balaban J connectivity index is 2.09. The summed E-state index contributed by atoms with van der Waals surface area (Å²) in [6.45, 7) is 0.658. The molecule has 0 atom stereocenters. The molecule has 3 rings (SSSR count). The number of anilines is 1. The summed E-state index contributed by atoms with van der Waals surface area (Å²) in [5.74, 6) is 1.83. The zero-order valence-electron chi connectivity index (χ0n) is 9.25. The largest absolute Gasteiger partial charge is 0.373 e. The highest BCUT2D eigenvalue weighted by molar-refractivity contribution is 5.73. The lowest BCUT2D eigenvalue weighted by Gasteiger charge is -2.06. The van der Waals surface area contributed by atoms with Crippen molar-refractivity contribution in [2.75, 3.05) is 18.9 Å². The lowest BCUT2D eigenvalue weighted by Crippen LogP contribution is -2.21. The van der Waals surface area contributed by atoms with Gasteiger partial charge in [-0.2, -0.15) is 0 Å². The second kappa shape index (κ2) is 3.18. The summed E-state index contributed by atoms with van der Waals surface area (Å²) >= 11 is 0. The SMILES string of the molecule is CNc1ccc2[nH]c(C3(CN)CC3)nc2n1. The molecule has 0 aliphatic heterocycles. The first kappa shape index (κ1) is 9.59. The van der Waals surface area contributed by atoms with Gasteiger partial charge in [-0.1, -0.05) is 0 Å². The normalized spacial score (nSPS) is 17.6. The number of rotatable bonds is 3. The Morgan fingerprint density at radius 1 is 1.44 bits per heavy atom. The van der Waals surface area contributed by atoms with Gasteiger partial charge in [-0.3, -0.25) is 0 Å². The molecule has 2 aromatic heterocycles. The number of nitrogens with one attached hydrogen (secondary N) is 2. The Morgan fingerprint density at radius 2 is 2.25 bits per heavy atom. The van der Waals surface area contributed by atoms with Crippen LogP contribution in [0, 0.1) is 0 Å². The van der Waals surface area contributed by atoms with E-state index in [1.54, 1.807) is 0 Å². The van der Waals surface area contributed by atoms with E-state index >= 15 is 0 Å². The Bertz CT molecular complexity index is 526. The van der Waals surface area contributed by atoms with E-state index in [2.05, 4.69) is 20.3 Å². The van der Waals surface area contributed by atoms with E-state index in [4.69, 9.17) is 5.73 Å². The van der Waals surface area contributed by atoms with Crippen LogP contribution in [0.3, 0.4) is 0 Å². The maximum atomic E-state index is 5.79. The van der Waals surface area contributed by atoms with Crippen LogP contribution < -0.4 is 11.1 Å².